The summed E-state index contributed by atoms with van der Waals surface area (Å²) in [6.07, 6.45) is 6.48. The van der Waals surface area contributed by atoms with E-state index in [1.807, 2.05) is 30.0 Å². The van der Waals surface area contributed by atoms with E-state index in [4.69, 9.17) is 4.74 Å². The molecule has 7 heterocycles. The Bertz CT molecular complexity index is 1430. The van der Waals surface area contributed by atoms with Gasteiger partial charge in [0.2, 0.25) is 5.91 Å². The molecule has 2 aromatic rings. The van der Waals surface area contributed by atoms with E-state index in [1.54, 1.807) is 6.20 Å². The molecule has 5 aliphatic heterocycles. The number of ether oxygens (including phenoxy) is 1. The van der Waals surface area contributed by atoms with Crippen LogP contribution in [0, 0.1) is 6.92 Å². The quantitative estimate of drug-likeness (QED) is 0.505. The molecule has 0 bridgehead atoms. The van der Waals surface area contributed by atoms with Gasteiger partial charge in [0, 0.05) is 75.1 Å². The van der Waals surface area contributed by atoms with Gasteiger partial charge >= 0.3 is 0 Å². The predicted octanol–water partition coefficient (Wildman–Crippen LogP) is 4.01. The number of aromatic nitrogens is 3. The van der Waals surface area contributed by atoms with Crippen molar-refractivity contribution in [2.45, 2.75) is 63.3 Å². The third-order valence-electron chi connectivity index (χ3n) is 9.93. The summed E-state index contributed by atoms with van der Waals surface area (Å²) in [5.74, 6) is 0.574. The lowest BCUT2D eigenvalue weighted by Gasteiger charge is -2.55. The van der Waals surface area contributed by atoms with Crippen LogP contribution >= 0.6 is 0 Å². The van der Waals surface area contributed by atoms with Gasteiger partial charge in [0.25, 0.3) is 6.43 Å². The zero-order valence-electron chi connectivity index (χ0n) is 24.2. The third kappa shape index (κ3) is 4.31. The van der Waals surface area contributed by atoms with Crippen LogP contribution in [0.2, 0.25) is 0 Å². The first kappa shape index (κ1) is 27.4. The van der Waals surface area contributed by atoms with Crippen molar-refractivity contribution < 1.29 is 18.3 Å². The lowest BCUT2D eigenvalue weighted by molar-refractivity contribution is -0.128. The molecule has 0 N–H and O–H groups in total. The Labute approximate surface area is 244 Å². The van der Waals surface area contributed by atoms with Crippen LogP contribution in [0.4, 0.5) is 20.3 Å². The zero-order valence-corrected chi connectivity index (χ0v) is 24.2. The smallest absolute Gasteiger partial charge is 0.281 e. The number of amides is 1. The normalized spacial score (nSPS) is 26.5. The van der Waals surface area contributed by atoms with Crippen molar-refractivity contribution in [1.82, 2.24) is 25.0 Å². The van der Waals surface area contributed by atoms with E-state index in [2.05, 4.69) is 43.4 Å². The molecule has 0 aliphatic carbocycles. The van der Waals surface area contributed by atoms with E-state index in [9.17, 15) is 13.6 Å². The number of piperazine rings is 1. The molecule has 2 aromatic heterocycles. The number of hydrogen-bond donors (Lipinski definition) is 0. The highest BCUT2D eigenvalue weighted by molar-refractivity contribution is 5.87. The largest absolute Gasteiger partial charge is 0.364 e. The number of alkyl halides is 2. The Balaban J connectivity index is 1.12. The number of carbonyl (C=O) groups excluding carboxylic acids is 1. The van der Waals surface area contributed by atoms with Crippen LogP contribution in [-0.4, -0.2) is 88.8 Å². The Hall–Kier alpha value is -3.44. The van der Waals surface area contributed by atoms with E-state index in [0.717, 1.165) is 61.4 Å². The Morgan fingerprint density at radius 2 is 1.93 bits per heavy atom. The highest BCUT2D eigenvalue weighted by atomic mass is 19.3. The van der Waals surface area contributed by atoms with Crippen molar-refractivity contribution in [3.63, 3.8) is 0 Å². The summed E-state index contributed by atoms with van der Waals surface area (Å²) in [6, 6.07) is 2.53. The van der Waals surface area contributed by atoms with Gasteiger partial charge < -0.3 is 19.4 Å². The SMILES string of the molecule is C=CC(=O)N1CCN([C@@H]2CN3c4cc(N5CCC6(CC5)O[C@@H](C)c5nncc(C)c56)nc(C(F)F)c4C=CC[C@@H]23)CC1. The molecule has 0 radical (unpaired) electrons. The molecule has 11 heteroatoms. The fourth-order valence-electron chi connectivity index (χ4n) is 7.75. The van der Waals surface area contributed by atoms with Gasteiger partial charge in [0.05, 0.1) is 23.2 Å². The second-order valence-electron chi connectivity index (χ2n) is 12.1. The fraction of sp³-hybridized carbons (Fsp3) is 0.548. The number of anilines is 2. The van der Waals surface area contributed by atoms with Crippen molar-refractivity contribution in [3.8, 4) is 0 Å². The molecule has 3 saturated heterocycles. The van der Waals surface area contributed by atoms with Crippen LogP contribution in [0.1, 0.15) is 66.8 Å². The van der Waals surface area contributed by atoms with Crippen LogP contribution in [0.15, 0.2) is 31.0 Å². The van der Waals surface area contributed by atoms with Crippen molar-refractivity contribution in [1.29, 1.82) is 0 Å². The maximum Gasteiger partial charge on any atom is 0.281 e. The number of nitrogens with zero attached hydrogens (tertiary/aromatic N) is 7. The van der Waals surface area contributed by atoms with Crippen molar-refractivity contribution in [3.05, 3.63) is 59.1 Å². The van der Waals surface area contributed by atoms with E-state index in [1.165, 1.54) is 6.08 Å². The minimum atomic E-state index is -2.67. The van der Waals surface area contributed by atoms with Crippen LogP contribution in [-0.2, 0) is 15.1 Å². The maximum absolute atomic E-state index is 14.5. The first-order chi connectivity index (χ1) is 20.3. The molecule has 0 unspecified atom stereocenters. The van der Waals surface area contributed by atoms with Gasteiger partial charge in [-0.25, -0.2) is 13.8 Å². The van der Waals surface area contributed by atoms with Gasteiger partial charge in [-0.1, -0.05) is 18.7 Å². The van der Waals surface area contributed by atoms with Gasteiger partial charge in [0.1, 0.15) is 17.6 Å². The number of hydrogen-bond acceptors (Lipinski definition) is 8. The summed E-state index contributed by atoms with van der Waals surface area (Å²) in [5.41, 5.74) is 3.92. The van der Waals surface area contributed by atoms with Gasteiger partial charge in [-0.2, -0.15) is 10.2 Å². The van der Waals surface area contributed by atoms with E-state index >= 15 is 0 Å². The number of halogens is 2. The summed E-state index contributed by atoms with van der Waals surface area (Å²) in [4.78, 5) is 25.3. The molecule has 0 saturated carbocycles. The van der Waals surface area contributed by atoms with Crippen LogP contribution < -0.4 is 9.80 Å². The number of pyridine rings is 1. The van der Waals surface area contributed by atoms with Crippen LogP contribution in [0.5, 0.6) is 0 Å². The average Bonchev–Trinajstić information content (AvgIpc) is 3.17. The second kappa shape index (κ2) is 10.4. The maximum atomic E-state index is 14.5. The van der Waals surface area contributed by atoms with Gasteiger partial charge in [-0.3, -0.25) is 9.69 Å². The number of carbonyl (C=O) groups is 1. The molecule has 0 aromatic carbocycles. The summed E-state index contributed by atoms with van der Waals surface area (Å²) < 4.78 is 35.4. The highest BCUT2D eigenvalue weighted by Crippen LogP contribution is 2.50. The van der Waals surface area contributed by atoms with E-state index in [-0.39, 0.29) is 23.7 Å². The third-order valence-corrected chi connectivity index (χ3v) is 9.93. The number of rotatable bonds is 4. The molecule has 222 valence electrons. The average molecular weight is 578 g/mol. The van der Waals surface area contributed by atoms with Crippen molar-refractivity contribution >= 4 is 23.5 Å². The van der Waals surface area contributed by atoms with Crippen molar-refractivity contribution in [2.75, 3.05) is 55.6 Å². The summed E-state index contributed by atoms with van der Waals surface area (Å²) >= 11 is 0. The molecule has 3 atom stereocenters. The molecular weight excluding hydrogens is 540 g/mol. The van der Waals surface area contributed by atoms with E-state index in [0.29, 0.717) is 43.6 Å². The molecule has 1 amide bonds. The number of piperidine rings is 1. The monoisotopic (exact) mass is 577 g/mol. The summed E-state index contributed by atoms with van der Waals surface area (Å²) in [6.45, 7) is 12.7. The second-order valence-corrected chi connectivity index (χ2v) is 12.1. The molecule has 9 nitrogen and oxygen atoms in total. The first-order valence-corrected chi connectivity index (χ1v) is 15.0. The van der Waals surface area contributed by atoms with Crippen LogP contribution in [0.3, 0.4) is 0 Å². The van der Waals surface area contributed by atoms with Gasteiger partial charge in [0.15, 0.2) is 0 Å². The Morgan fingerprint density at radius 3 is 2.64 bits per heavy atom. The number of aryl methyl sites for hydroxylation is 1. The fourth-order valence-corrected chi connectivity index (χ4v) is 7.75. The first-order valence-electron chi connectivity index (χ1n) is 15.0. The van der Waals surface area contributed by atoms with Gasteiger partial charge in [-0.05, 0) is 44.7 Å². The summed E-state index contributed by atoms with van der Waals surface area (Å²) in [5, 5.41) is 8.51. The molecule has 42 heavy (non-hydrogen) atoms. The van der Waals surface area contributed by atoms with Crippen molar-refractivity contribution in [2.24, 2.45) is 0 Å². The van der Waals surface area contributed by atoms with E-state index < -0.39 is 12.0 Å². The summed E-state index contributed by atoms with van der Waals surface area (Å²) in [7, 11) is 0. The molecule has 5 aliphatic rings. The minimum absolute atomic E-state index is 0.0265. The molecule has 7 rings (SSSR count). The lowest BCUT2D eigenvalue weighted by atomic mass is 9.83. The minimum Gasteiger partial charge on any atom is -0.364 e. The zero-order chi connectivity index (χ0) is 29.2. The molecule has 3 fully saturated rings. The number of fused-ring (bicyclic) bond motifs is 5. The molecular formula is C31H37F2N7O2. The van der Waals surface area contributed by atoms with Crippen LogP contribution in [0.25, 0.3) is 6.08 Å². The standard InChI is InChI=1S/C31H37F2N7O2/c1-4-26(41)39-14-12-37(13-15-39)24-18-40-22(24)7-5-6-21-23(40)16-25(35-29(21)30(32)33)38-10-8-31(9-11-38)27-19(2)17-34-36-28(27)20(3)42-31/h4-6,16-17,20,22,24,30H,1,7-15,18H2,2-3H3/t20-,22-,24+/m0/s1. The highest BCUT2D eigenvalue weighted by Gasteiger charge is 2.48. The van der Waals surface area contributed by atoms with Gasteiger partial charge in [-0.15, -0.1) is 0 Å². The Morgan fingerprint density at radius 1 is 1.17 bits per heavy atom. The predicted molar refractivity (Wildman–Crippen MR) is 156 cm³/mol. The lowest BCUT2D eigenvalue weighted by Crippen LogP contribution is -2.69. The topological polar surface area (TPSA) is 77.9 Å². The molecule has 1 spiro atoms. The Kier molecular flexibility index (Phi) is 6.77.